The van der Waals surface area contributed by atoms with Gasteiger partial charge in [0.1, 0.15) is 6.04 Å². The van der Waals surface area contributed by atoms with E-state index in [1.54, 1.807) is 0 Å². The molecule has 1 aromatic rings. The molecule has 1 aromatic carbocycles. The lowest BCUT2D eigenvalue weighted by atomic mass is 10.1. The predicted molar refractivity (Wildman–Crippen MR) is 69.1 cm³/mol. The van der Waals surface area contributed by atoms with Crippen molar-refractivity contribution >= 4 is 17.5 Å². The van der Waals surface area contributed by atoms with Gasteiger partial charge in [0.25, 0.3) is 0 Å². The molecule has 0 saturated carbocycles. The summed E-state index contributed by atoms with van der Waals surface area (Å²) in [4.78, 5) is 22.9. The number of hydrogen-bond acceptors (Lipinski definition) is 3. The second-order valence-electron chi connectivity index (χ2n) is 4.77. The van der Waals surface area contributed by atoms with Crippen molar-refractivity contribution in [3.8, 4) is 0 Å². The van der Waals surface area contributed by atoms with Crippen LogP contribution in [0.3, 0.4) is 0 Å². The van der Waals surface area contributed by atoms with E-state index < -0.39 is 23.7 Å². The molecule has 1 aliphatic rings. The van der Waals surface area contributed by atoms with E-state index in [2.05, 4.69) is 10.6 Å². The van der Waals surface area contributed by atoms with Crippen molar-refractivity contribution in [3.05, 3.63) is 29.3 Å². The molecule has 1 heterocycles. The van der Waals surface area contributed by atoms with Crippen molar-refractivity contribution < 1.29 is 22.8 Å². The first-order valence-corrected chi connectivity index (χ1v) is 6.31. The Bertz CT molecular complexity index is 572. The number of halogens is 3. The van der Waals surface area contributed by atoms with E-state index in [9.17, 15) is 22.8 Å². The first-order chi connectivity index (χ1) is 9.79. The van der Waals surface area contributed by atoms with Crippen LogP contribution in [0.4, 0.5) is 18.9 Å². The predicted octanol–water partition coefficient (Wildman–Crippen LogP) is 1.38. The Morgan fingerprint density at radius 1 is 1.38 bits per heavy atom. The molecule has 5 nitrogen and oxygen atoms in total. The molecule has 0 radical (unpaired) electrons. The van der Waals surface area contributed by atoms with Crippen molar-refractivity contribution in [3.63, 3.8) is 0 Å². The van der Waals surface area contributed by atoms with E-state index in [0.29, 0.717) is 6.42 Å². The SMILES string of the molecule is NCc1cc(NC(=O)[C@H]2CCC(=O)N2)cc(C(F)(F)F)c1. The Kier molecular flexibility index (Phi) is 4.17. The average Bonchev–Trinajstić information content (AvgIpc) is 2.84. The van der Waals surface area contributed by atoms with Crippen molar-refractivity contribution in [2.75, 3.05) is 5.32 Å². The average molecular weight is 301 g/mol. The van der Waals surface area contributed by atoms with Crippen molar-refractivity contribution in [2.45, 2.75) is 31.6 Å². The van der Waals surface area contributed by atoms with E-state index >= 15 is 0 Å². The summed E-state index contributed by atoms with van der Waals surface area (Å²) < 4.78 is 38.3. The standard InChI is InChI=1S/C13H14F3N3O2/c14-13(15,16)8-3-7(6-17)4-9(5-8)18-12(21)10-1-2-11(20)19-10/h3-5,10H,1-2,6,17H2,(H,18,21)(H,19,20)/t10-/m1/s1. The molecule has 21 heavy (non-hydrogen) atoms. The third-order valence-corrected chi connectivity index (χ3v) is 3.14. The van der Waals surface area contributed by atoms with E-state index in [4.69, 9.17) is 5.73 Å². The van der Waals surface area contributed by atoms with Crippen LogP contribution in [0.25, 0.3) is 0 Å². The van der Waals surface area contributed by atoms with E-state index in [1.807, 2.05) is 0 Å². The third-order valence-electron chi connectivity index (χ3n) is 3.14. The first kappa shape index (κ1) is 15.3. The van der Waals surface area contributed by atoms with Crippen LogP contribution in [0, 0.1) is 0 Å². The van der Waals surface area contributed by atoms with Gasteiger partial charge in [-0.25, -0.2) is 0 Å². The Labute approximate surface area is 118 Å². The molecule has 2 amide bonds. The smallest absolute Gasteiger partial charge is 0.344 e. The van der Waals surface area contributed by atoms with Crippen LogP contribution in [-0.4, -0.2) is 17.9 Å². The monoisotopic (exact) mass is 301 g/mol. The molecule has 0 aliphatic carbocycles. The van der Waals surface area contributed by atoms with Gasteiger partial charge in [0.2, 0.25) is 11.8 Å². The highest BCUT2D eigenvalue weighted by atomic mass is 19.4. The zero-order valence-electron chi connectivity index (χ0n) is 11.0. The van der Waals surface area contributed by atoms with E-state index in [-0.39, 0.29) is 30.1 Å². The summed E-state index contributed by atoms with van der Waals surface area (Å²) in [5, 5.41) is 4.83. The second-order valence-corrected chi connectivity index (χ2v) is 4.77. The minimum absolute atomic E-state index is 0.0106. The largest absolute Gasteiger partial charge is 0.416 e. The maximum Gasteiger partial charge on any atom is 0.416 e. The lowest BCUT2D eigenvalue weighted by Crippen LogP contribution is -2.37. The molecule has 1 saturated heterocycles. The number of carbonyl (C=O) groups excluding carboxylic acids is 2. The van der Waals surface area contributed by atoms with Crippen LogP contribution in [0.5, 0.6) is 0 Å². The fraction of sp³-hybridized carbons (Fsp3) is 0.385. The molecule has 4 N–H and O–H groups in total. The highest BCUT2D eigenvalue weighted by molar-refractivity contribution is 5.99. The number of alkyl halides is 3. The van der Waals surface area contributed by atoms with Gasteiger partial charge in [0.05, 0.1) is 5.56 Å². The molecule has 1 atom stereocenters. The molecule has 1 fully saturated rings. The summed E-state index contributed by atoms with van der Waals surface area (Å²) >= 11 is 0. The fourth-order valence-electron chi connectivity index (χ4n) is 2.09. The Hall–Kier alpha value is -2.09. The molecule has 0 aromatic heterocycles. The molecular formula is C13H14F3N3O2. The van der Waals surface area contributed by atoms with Gasteiger partial charge in [0, 0.05) is 18.7 Å². The quantitative estimate of drug-likeness (QED) is 0.788. The van der Waals surface area contributed by atoms with E-state index in [1.165, 1.54) is 6.07 Å². The van der Waals surface area contributed by atoms with Crippen molar-refractivity contribution in [2.24, 2.45) is 5.73 Å². The number of nitrogens with one attached hydrogen (secondary N) is 2. The topological polar surface area (TPSA) is 84.2 Å². The molecule has 8 heteroatoms. The summed E-state index contributed by atoms with van der Waals surface area (Å²) in [5.74, 6) is -0.787. The van der Waals surface area contributed by atoms with E-state index in [0.717, 1.165) is 12.1 Å². The zero-order valence-corrected chi connectivity index (χ0v) is 11.0. The van der Waals surface area contributed by atoms with Gasteiger partial charge >= 0.3 is 6.18 Å². The lowest BCUT2D eigenvalue weighted by molar-refractivity contribution is -0.137. The normalized spacial score (nSPS) is 18.5. The third kappa shape index (κ3) is 3.72. The molecular weight excluding hydrogens is 287 g/mol. The Balaban J connectivity index is 2.19. The number of hydrogen-bond donors (Lipinski definition) is 3. The molecule has 0 bridgehead atoms. The van der Waals surface area contributed by atoms with Crippen molar-refractivity contribution in [1.82, 2.24) is 5.32 Å². The second kappa shape index (κ2) is 5.72. The number of rotatable bonds is 3. The minimum Gasteiger partial charge on any atom is -0.344 e. The number of anilines is 1. The summed E-state index contributed by atoms with van der Waals surface area (Å²) in [6.45, 7) is -0.0764. The van der Waals surface area contributed by atoms with Gasteiger partial charge in [-0.2, -0.15) is 13.2 Å². The Morgan fingerprint density at radius 3 is 2.62 bits per heavy atom. The molecule has 1 aliphatic heterocycles. The number of nitrogens with two attached hydrogens (primary N) is 1. The number of benzene rings is 1. The van der Waals surface area contributed by atoms with Crippen LogP contribution < -0.4 is 16.4 Å². The van der Waals surface area contributed by atoms with Crippen LogP contribution in [0.2, 0.25) is 0 Å². The fourth-order valence-corrected chi connectivity index (χ4v) is 2.09. The molecule has 0 spiro atoms. The summed E-state index contributed by atoms with van der Waals surface area (Å²) in [6, 6.07) is 2.44. The zero-order chi connectivity index (χ0) is 15.6. The summed E-state index contributed by atoms with van der Waals surface area (Å²) in [6.07, 6.45) is -3.96. The summed E-state index contributed by atoms with van der Waals surface area (Å²) in [5.41, 5.74) is 4.76. The highest BCUT2D eigenvalue weighted by Crippen LogP contribution is 2.32. The van der Waals surface area contributed by atoms with Crippen LogP contribution in [0.1, 0.15) is 24.0 Å². The first-order valence-electron chi connectivity index (χ1n) is 6.31. The van der Waals surface area contributed by atoms with Gasteiger partial charge in [-0.1, -0.05) is 0 Å². The molecule has 0 unspecified atom stereocenters. The summed E-state index contributed by atoms with van der Waals surface area (Å²) in [7, 11) is 0. The maximum atomic E-state index is 12.8. The van der Waals surface area contributed by atoms with Gasteiger partial charge < -0.3 is 16.4 Å². The maximum absolute atomic E-state index is 12.8. The van der Waals surface area contributed by atoms with Gasteiger partial charge in [-0.15, -0.1) is 0 Å². The van der Waals surface area contributed by atoms with Gasteiger partial charge in [-0.05, 0) is 30.2 Å². The highest BCUT2D eigenvalue weighted by Gasteiger charge is 2.32. The Morgan fingerprint density at radius 2 is 2.10 bits per heavy atom. The lowest BCUT2D eigenvalue weighted by Gasteiger charge is -2.14. The number of carbonyl (C=O) groups is 2. The minimum atomic E-state index is -4.52. The van der Waals surface area contributed by atoms with Crippen LogP contribution in [-0.2, 0) is 22.3 Å². The van der Waals surface area contributed by atoms with Crippen LogP contribution >= 0.6 is 0 Å². The van der Waals surface area contributed by atoms with Crippen LogP contribution in [0.15, 0.2) is 18.2 Å². The van der Waals surface area contributed by atoms with Crippen molar-refractivity contribution in [1.29, 1.82) is 0 Å². The molecule has 114 valence electrons. The number of amides is 2. The molecule has 2 rings (SSSR count). The van der Waals surface area contributed by atoms with Gasteiger partial charge in [-0.3, -0.25) is 9.59 Å². The van der Waals surface area contributed by atoms with Gasteiger partial charge in [0.15, 0.2) is 0 Å².